The zero-order valence-electron chi connectivity index (χ0n) is 9.30. The topological polar surface area (TPSA) is 41.3 Å². The normalized spacial score (nSPS) is 17.9. The first-order valence-electron chi connectivity index (χ1n) is 5.55. The van der Waals surface area contributed by atoms with Gasteiger partial charge in [0.2, 0.25) is 0 Å². The summed E-state index contributed by atoms with van der Waals surface area (Å²) in [6.07, 6.45) is -0.144. The van der Waals surface area contributed by atoms with E-state index in [0.717, 1.165) is 25.3 Å². The molecule has 0 atom stereocenters. The number of likely N-dealkylation sites (tertiary alicyclic amines) is 1. The first kappa shape index (κ1) is 9.81. The van der Waals surface area contributed by atoms with E-state index in [-0.39, 0.29) is 6.10 Å². The third-order valence-corrected chi connectivity index (χ3v) is 3.15. The molecule has 1 aliphatic rings. The summed E-state index contributed by atoms with van der Waals surface area (Å²) < 4.78 is 1.92. The van der Waals surface area contributed by atoms with Gasteiger partial charge in [-0.1, -0.05) is 18.2 Å². The van der Waals surface area contributed by atoms with Crippen LogP contribution in [0.3, 0.4) is 0 Å². The van der Waals surface area contributed by atoms with Gasteiger partial charge in [-0.15, -0.1) is 0 Å². The summed E-state index contributed by atoms with van der Waals surface area (Å²) in [5, 5.41) is 15.0. The van der Waals surface area contributed by atoms with Crippen LogP contribution in [0.15, 0.2) is 24.3 Å². The summed E-state index contributed by atoms with van der Waals surface area (Å²) in [6.45, 7) is 2.37. The predicted molar refractivity (Wildman–Crippen MR) is 62.0 cm³/mol. The average Bonchev–Trinajstić information content (AvgIpc) is 2.55. The van der Waals surface area contributed by atoms with E-state index in [1.807, 2.05) is 23.9 Å². The van der Waals surface area contributed by atoms with Gasteiger partial charge in [0.25, 0.3) is 0 Å². The molecule has 1 N–H and O–H groups in total. The second-order valence-corrected chi connectivity index (χ2v) is 4.44. The molecule has 1 aromatic heterocycles. The molecule has 16 heavy (non-hydrogen) atoms. The summed E-state index contributed by atoms with van der Waals surface area (Å²) in [5.41, 5.74) is 2.27. The van der Waals surface area contributed by atoms with Gasteiger partial charge in [0.1, 0.15) is 0 Å². The van der Waals surface area contributed by atoms with Crippen molar-refractivity contribution in [1.82, 2.24) is 14.7 Å². The second-order valence-electron chi connectivity index (χ2n) is 4.44. The lowest BCUT2D eigenvalue weighted by Crippen LogP contribution is -2.49. The van der Waals surface area contributed by atoms with Crippen molar-refractivity contribution in [1.29, 1.82) is 0 Å². The Balaban J connectivity index is 1.92. The van der Waals surface area contributed by atoms with E-state index in [0.29, 0.717) is 0 Å². The van der Waals surface area contributed by atoms with Crippen molar-refractivity contribution in [3.63, 3.8) is 0 Å². The molecule has 1 saturated heterocycles. The maximum absolute atomic E-state index is 9.25. The summed E-state index contributed by atoms with van der Waals surface area (Å²) in [4.78, 5) is 2.21. The number of benzene rings is 1. The molecule has 0 bridgehead atoms. The first-order valence-corrected chi connectivity index (χ1v) is 5.55. The smallest absolute Gasteiger partial charge is 0.0843 e. The number of para-hydroxylation sites is 1. The molecule has 1 aliphatic heterocycles. The molecule has 0 amide bonds. The Kier molecular flexibility index (Phi) is 2.19. The number of hydrogen-bond donors (Lipinski definition) is 1. The number of fused-ring (bicyclic) bond motifs is 1. The van der Waals surface area contributed by atoms with Crippen molar-refractivity contribution in [2.75, 3.05) is 13.1 Å². The summed E-state index contributed by atoms with van der Waals surface area (Å²) in [5.74, 6) is 0. The zero-order valence-corrected chi connectivity index (χ0v) is 9.30. The van der Waals surface area contributed by atoms with Crippen molar-refractivity contribution in [2.24, 2.45) is 7.05 Å². The maximum Gasteiger partial charge on any atom is 0.0843 e. The number of β-amino-alcohol motifs (C(OH)–C–C–N with tert-alkyl or cyclic N) is 1. The van der Waals surface area contributed by atoms with E-state index in [1.54, 1.807) is 0 Å². The molecule has 4 heteroatoms. The van der Waals surface area contributed by atoms with Crippen LogP contribution in [0.5, 0.6) is 0 Å². The van der Waals surface area contributed by atoms with Crippen LogP contribution < -0.4 is 0 Å². The average molecular weight is 217 g/mol. The quantitative estimate of drug-likeness (QED) is 0.807. The fourth-order valence-corrected chi connectivity index (χ4v) is 2.29. The lowest BCUT2D eigenvalue weighted by molar-refractivity contribution is -0.00339. The third kappa shape index (κ3) is 1.50. The molecule has 3 rings (SSSR count). The van der Waals surface area contributed by atoms with Gasteiger partial charge in [0.15, 0.2) is 0 Å². The predicted octanol–water partition coefficient (Wildman–Crippen LogP) is 0.750. The molecule has 0 aliphatic carbocycles. The van der Waals surface area contributed by atoms with Crippen LogP contribution in [0.25, 0.3) is 10.9 Å². The fraction of sp³-hybridized carbons (Fsp3) is 0.417. The van der Waals surface area contributed by atoms with Gasteiger partial charge >= 0.3 is 0 Å². The van der Waals surface area contributed by atoms with Gasteiger partial charge in [-0.3, -0.25) is 9.58 Å². The molecule has 0 spiro atoms. The van der Waals surface area contributed by atoms with Crippen LogP contribution in [-0.2, 0) is 13.6 Å². The number of hydrogen-bond acceptors (Lipinski definition) is 3. The fourth-order valence-electron chi connectivity index (χ4n) is 2.29. The molecule has 84 valence electrons. The number of aliphatic hydroxyl groups is 1. The third-order valence-electron chi connectivity index (χ3n) is 3.15. The number of nitrogens with zero attached hydrogens (tertiary/aromatic N) is 3. The molecule has 2 heterocycles. The Morgan fingerprint density at radius 2 is 2.12 bits per heavy atom. The van der Waals surface area contributed by atoms with E-state index in [4.69, 9.17) is 0 Å². The Morgan fingerprint density at radius 3 is 2.88 bits per heavy atom. The second kappa shape index (κ2) is 3.57. The highest BCUT2D eigenvalue weighted by atomic mass is 16.3. The van der Waals surface area contributed by atoms with Crippen LogP contribution in [0.4, 0.5) is 0 Å². The van der Waals surface area contributed by atoms with Crippen LogP contribution in [0.1, 0.15) is 5.69 Å². The van der Waals surface area contributed by atoms with Gasteiger partial charge in [0.05, 0.1) is 17.3 Å². The van der Waals surface area contributed by atoms with Crippen LogP contribution in [0.2, 0.25) is 0 Å². The van der Waals surface area contributed by atoms with Crippen molar-refractivity contribution in [3.05, 3.63) is 30.0 Å². The number of aliphatic hydroxyl groups excluding tert-OH is 1. The van der Waals surface area contributed by atoms with Gasteiger partial charge in [-0.25, -0.2) is 0 Å². The van der Waals surface area contributed by atoms with Gasteiger partial charge in [-0.05, 0) is 6.07 Å². The Morgan fingerprint density at radius 1 is 1.38 bits per heavy atom. The highest BCUT2D eigenvalue weighted by molar-refractivity contribution is 5.81. The molecule has 4 nitrogen and oxygen atoms in total. The number of rotatable bonds is 2. The molecule has 1 fully saturated rings. The minimum Gasteiger partial charge on any atom is -0.390 e. The summed E-state index contributed by atoms with van der Waals surface area (Å²) >= 11 is 0. The monoisotopic (exact) mass is 217 g/mol. The summed E-state index contributed by atoms with van der Waals surface area (Å²) in [7, 11) is 1.97. The Bertz CT molecular complexity index is 514. The van der Waals surface area contributed by atoms with E-state index in [1.165, 1.54) is 10.9 Å². The highest BCUT2D eigenvalue weighted by Gasteiger charge is 2.25. The lowest BCUT2D eigenvalue weighted by atomic mass is 10.1. The summed E-state index contributed by atoms with van der Waals surface area (Å²) in [6, 6.07) is 8.25. The van der Waals surface area contributed by atoms with Crippen molar-refractivity contribution >= 4 is 10.9 Å². The van der Waals surface area contributed by atoms with Crippen molar-refractivity contribution < 1.29 is 5.11 Å². The lowest BCUT2D eigenvalue weighted by Gasteiger charge is -2.35. The first-order chi connectivity index (χ1) is 7.74. The molecular weight excluding hydrogens is 202 g/mol. The van der Waals surface area contributed by atoms with Crippen LogP contribution in [0, 0.1) is 0 Å². The zero-order chi connectivity index (χ0) is 11.1. The molecule has 0 saturated carbocycles. The van der Waals surface area contributed by atoms with E-state index in [2.05, 4.69) is 22.1 Å². The molecule has 0 unspecified atom stereocenters. The standard InChI is InChI=1S/C12H15N3O/c1-14-12-5-3-2-4-10(12)11(13-14)8-15-6-9(16)7-15/h2-5,9,16H,6-8H2,1H3. The van der Waals surface area contributed by atoms with Gasteiger partial charge in [0, 0.05) is 32.1 Å². The van der Waals surface area contributed by atoms with E-state index < -0.39 is 0 Å². The SMILES string of the molecule is Cn1nc(CN2CC(O)C2)c2ccccc21. The maximum atomic E-state index is 9.25. The molecule has 0 radical (unpaired) electrons. The van der Waals surface area contributed by atoms with Crippen LogP contribution >= 0.6 is 0 Å². The van der Waals surface area contributed by atoms with Gasteiger partial charge < -0.3 is 5.11 Å². The van der Waals surface area contributed by atoms with Crippen LogP contribution in [-0.4, -0.2) is 39.0 Å². The largest absolute Gasteiger partial charge is 0.390 e. The molecule has 2 aromatic rings. The molecule has 1 aromatic carbocycles. The van der Waals surface area contributed by atoms with E-state index in [9.17, 15) is 5.11 Å². The number of aryl methyl sites for hydroxylation is 1. The van der Waals surface area contributed by atoms with Gasteiger partial charge in [-0.2, -0.15) is 5.10 Å². The van der Waals surface area contributed by atoms with Crippen molar-refractivity contribution in [3.8, 4) is 0 Å². The Labute approximate surface area is 94.1 Å². The minimum atomic E-state index is -0.144. The molecular formula is C12H15N3O. The Hall–Kier alpha value is -1.39. The number of aromatic nitrogens is 2. The van der Waals surface area contributed by atoms with Crippen molar-refractivity contribution in [2.45, 2.75) is 12.6 Å². The van der Waals surface area contributed by atoms with E-state index >= 15 is 0 Å². The highest BCUT2D eigenvalue weighted by Crippen LogP contribution is 2.20. The minimum absolute atomic E-state index is 0.144.